The van der Waals surface area contributed by atoms with Crippen LogP contribution in [0.25, 0.3) is 0 Å². The number of rotatable bonds is 0. The highest BCUT2D eigenvalue weighted by molar-refractivity contribution is 5.16. The summed E-state index contributed by atoms with van der Waals surface area (Å²) < 4.78 is 0. The monoisotopic (exact) mass is 158 g/mol. The van der Waals surface area contributed by atoms with Crippen LogP contribution in [0.5, 0.6) is 0 Å². The van der Waals surface area contributed by atoms with E-state index >= 15 is 0 Å². The fraction of sp³-hybridized carbons (Fsp3) is 1.00. The van der Waals surface area contributed by atoms with Gasteiger partial charge in [-0.05, 0) is 26.7 Å². The molecule has 0 amide bonds. The summed E-state index contributed by atoms with van der Waals surface area (Å²) in [5.41, 5.74) is 3.06. The lowest BCUT2D eigenvalue weighted by molar-refractivity contribution is -0.0826. The van der Waals surface area contributed by atoms with Gasteiger partial charge in [0, 0.05) is 0 Å². The van der Waals surface area contributed by atoms with Crippen LogP contribution in [0.2, 0.25) is 0 Å². The summed E-state index contributed by atoms with van der Waals surface area (Å²) in [6.07, 6.45) is 1.74. The second kappa shape index (κ2) is 1.61. The molecule has 4 N–H and O–H groups in total. The smallest absolute Gasteiger partial charge is 0.135 e. The highest BCUT2D eigenvalue weighted by Crippen LogP contribution is 2.61. The van der Waals surface area contributed by atoms with Crippen molar-refractivity contribution in [1.82, 2.24) is 10.9 Å². The molecule has 2 aliphatic rings. The molecule has 1 spiro atoms. The summed E-state index contributed by atoms with van der Waals surface area (Å²) >= 11 is 0. The molecule has 1 saturated carbocycles. The van der Waals surface area contributed by atoms with Crippen LogP contribution in [-0.2, 0) is 0 Å². The van der Waals surface area contributed by atoms with Crippen LogP contribution < -0.4 is 10.9 Å². The second-order valence-electron chi connectivity index (χ2n) is 3.98. The molecule has 2 atom stereocenters. The first-order chi connectivity index (χ1) is 4.91. The van der Waals surface area contributed by atoms with Crippen LogP contribution in [0, 0.1) is 5.41 Å². The van der Waals surface area contributed by atoms with E-state index in [0.29, 0.717) is 0 Å². The van der Waals surface area contributed by atoms with Crippen molar-refractivity contribution in [3.05, 3.63) is 0 Å². The Bertz CT molecular complexity index is 179. The third-order valence-corrected chi connectivity index (χ3v) is 3.16. The van der Waals surface area contributed by atoms with Gasteiger partial charge in [-0.15, -0.1) is 0 Å². The van der Waals surface area contributed by atoms with E-state index in [0.717, 1.165) is 12.8 Å². The van der Waals surface area contributed by atoms with Gasteiger partial charge in [0.2, 0.25) is 0 Å². The zero-order valence-corrected chi connectivity index (χ0v) is 6.81. The SMILES string of the molecule is CC1(O)NNC(C)(O)C12CC2. The molecule has 1 saturated heterocycles. The third kappa shape index (κ3) is 0.679. The van der Waals surface area contributed by atoms with Crippen LogP contribution in [-0.4, -0.2) is 21.7 Å². The summed E-state index contributed by atoms with van der Waals surface area (Å²) in [5, 5.41) is 19.6. The predicted octanol–water partition coefficient (Wildman–Crippen LogP) is -0.709. The lowest BCUT2D eigenvalue weighted by Crippen LogP contribution is -2.46. The van der Waals surface area contributed by atoms with Crippen LogP contribution in [0.4, 0.5) is 0 Å². The van der Waals surface area contributed by atoms with Crippen LogP contribution >= 0.6 is 0 Å². The maximum absolute atomic E-state index is 9.79. The molecule has 1 aliphatic heterocycles. The molecular formula is C7H14N2O2. The van der Waals surface area contributed by atoms with E-state index in [4.69, 9.17) is 0 Å². The Kier molecular flexibility index (Phi) is 1.10. The first-order valence-corrected chi connectivity index (χ1v) is 3.90. The van der Waals surface area contributed by atoms with Gasteiger partial charge in [-0.1, -0.05) is 0 Å². The number of hydrogen-bond donors (Lipinski definition) is 4. The standard InChI is InChI=1S/C7H14N2O2/c1-5(10)7(3-4-7)6(2,11)9-8-5/h8-11H,3-4H2,1-2H3. The van der Waals surface area contributed by atoms with Crippen molar-refractivity contribution in [2.75, 3.05) is 0 Å². The molecular weight excluding hydrogens is 144 g/mol. The van der Waals surface area contributed by atoms with E-state index in [1.54, 1.807) is 13.8 Å². The molecule has 2 unspecified atom stereocenters. The minimum Gasteiger partial charge on any atom is -0.374 e. The molecule has 0 aromatic rings. The lowest BCUT2D eigenvalue weighted by Gasteiger charge is -2.30. The van der Waals surface area contributed by atoms with Gasteiger partial charge in [0.15, 0.2) is 0 Å². The van der Waals surface area contributed by atoms with E-state index in [1.807, 2.05) is 0 Å². The van der Waals surface area contributed by atoms with Crippen molar-refractivity contribution >= 4 is 0 Å². The molecule has 0 aromatic carbocycles. The van der Waals surface area contributed by atoms with Crippen molar-refractivity contribution in [1.29, 1.82) is 0 Å². The quantitative estimate of drug-likeness (QED) is 0.376. The second-order valence-corrected chi connectivity index (χ2v) is 3.98. The Morgan fingerprint density at radius 1 is 1.00 bits per heavy atom. The molecule has 2 fully saturated rings. The maximum Gasteiger partial charge on any atom is 0.135 e. The third-order valence-electron chi connectivity index (χ3n) is 3.16. The molecule has 0 radical (unpaired) electrons. The highest BCUT2D eigenvalue weighted by Gasteiger charge is 2.70. The topological polar surface area (TPSA) is 64.5 Å². The van der Waals surface area contributed by atoms with Gasteiger partial charge in [-0.3, -0.25) is 0 Å². The van der Waals surface area contributed by atoms with Crippen molar-refractivity contribution in [3.63, 3.8) is 0 Å². The van der Waals surface area contributed by atoms with Gasteiger partial charge in [0.1, 0.15) is 11.4 Å². The van der Waals surface area contributed by atoms with Crippen molar-refractivity contribution in [3.8, 4) is 0 Å². The number of hydrogen-bond acceptors (Lipinski definition) is 4. The fourth-order valence-electron chi connectivity index (χ4n) is 2.06. The molecule has 0 aromatic heterocycles. The lowest BCUT2D eigenvalue weighted by atomic mass is 9.87. The van der Waals surface area contributed by atoms with Gasteiger partial charge >= 0.3 is 0 Å². The van der Waals surface area contributed by atoms with E-state index in [9.17, 15) is 10.2 Å². The van der Waals surface area contributed by atoms with Crippen molar-refractivity contribution in [2.45, 2.75) is 38.1 Å². The first-order valence-electron chi connectivity index (χ1n) is 3.90. The number of nitrogens with one attached hydrogen (secondary N) is 2. The van der Waals surface area contributed by atoms with Gasteiger partial charge in [0.05, 0.1) is 5.41 Å². The molecule has 11 heavy (non-hydrogen) atoms. The Morgan fingerprint density at radius 3 is 1.55 bits per heavy atom. The summed E-state index contributed by atoms with van der Waals surface area (Å²) in [6.45, 7) is 3.38. The zero-order valence-electron chi connectivity index (χ0n) is 6.81. The van der Waals surface area contributed by atoms with Crippen molar-refractivity contribution in [2.24, 2.45) is 5.41 Å². The predicted molar refractivity (Wildman–Crippen MR) is 39.2 cm³/mol. The molecule has 1 aliphatic carbocycles. The van der Waals surface area contributed by atoms with Crippen LogP contribution in [0.15, 0.2) is 0 Å². The molecule has 2 rings (SSSR count). The van der Waals surface area contributed by atoms with Gasteiger partial charge in [-0.25, -0.2) is 10.9 Å². The van der Waals surface area contributed by atoms with E-state index in [2.05, 4.69) is 10.9 Å². The number of hydrazine groups is 1. The Hall–Kier alpha value is -0.160. The van der Waals surface area contributed by atoms with Gasteiger partial charge in [-0.2, -0.15) is 0 Å². The highest BCUT2D eigenvalue weighted by atomic mass is 16.4. The molecule has 0 bridgehead atoms. The first kappa shape index (κ1) is 7.49. The van der Waals surface area contributed by atoms with Gasteiger partial charge in [0.25, 0.3) is 0 Å². The Morgan fingerprint density at radius 2 is 1.36 bits per heavy atom. The van der Waals surface area contributed by atoms with Crippen LogP contribution in [0.1, 0.15) is 26.7 Å². The average molecular weight is 158 g/mol. The Labute approximate surface area is 65.6 Å². The summed E-state index contributed by atoms with van der Waals surface area (Å²) in [4.78, 5) is 0. The minimum atomic E-state index is -0.976. The molecule has 64 valence electrons. The average Bonchev–Trinajstić information content (AvgIpc) is 2.59. The summed E-state index contributed by atoms with van der Waals surface area (Å²) in [7, 11) is 0. The molecule has 4 nitrogen and oxygen atoms in total. The summed E-state index contributed by atoms with van der Waals surface area (Å²) in [6, 6.07) is 0. The van der Waals surface area contributed by atoms with E-state index in [-0.39, 0.29) is 5.41 Å². The summed E-state index contributed by atoms with van der Waals surface area (Å²) in [5.74, 6) is 0. The fourth-order valence-corrected chi connectivity index (χ4v) is 2.06. The van der Waals surface area contributed by atoms with E-state index in [1.165, 1.54) is 0 Å². The maximum atomic E-state index is 9.79. The van der Waals surface area contributed by atoms with Gasteiger partial charge < -0.3 is 10.2 Å². The minimum absolute atomic E-state index is 0.375. The van der Waals surface area contributed by atoms with Crippen LogP contribution in [0.3, 0.4) is 0 Å². The largest absolute Gasteiger partial charge is 0.374 e. The van der Waals surface area contributed by atoms with E-state index < -0.39 is 11.4 Å². The Balaban J connectivity index is 2.36. The molecule has 4 heteroatoms. The normalized spacial score (nSPS) is 53.5. The molecule has 1 heterocycles. The number of aliphatic hydroxyl groups is 2. The van der Waals surface area contributed by atoms with Crippen molar-refractivity contribution < 1.29 is 10.2 Å². The zero-order chi connectivity index (χ0) is 8.33.